The number of hydrogen-bond donors (Lipinski definition) is 0. The summed E-state index contributed by atoms with van der Waals surface area (Å²) in [6.07, 6.45) is 5.92. The van der Waals surface area contributed by atoms with E-state index in [1.165, 1.54) is 0 Å². The molecule has 2 amide bonds. The second-order valence-corrected chi connectivity index (χ2v) is 8.27. The molecule has 8 heteroatoms. The highest BCUT2D eigenvalue weighted by Gasteiger charge is 2.43. The second-order valence-electron chi connectivity index (χ2n) is 8.27. The summed E-state index contributed by atoms with van der Waals surface area (Å²) in [4.78, 5) is 41.7. The van der Waals surface area contributed by atoms with Gasteiger partial charge in [0.15, 0.2) is 0 Å². The molecule has 8 nitrogen and oxygen atoms in total. The molecule has 0 saturated carbocycles. The largest absolute Gasteiger partial charge is 0.355 e. The van der Waals surface area contributed by atoms with E-state index in [-0.39, 0.29) is 17.2 Å². The summed E-state index contributed by atoms with van der Waals surface area (Å²) in [6, 6.07) is 0. The molecule has 4 heterocycles. The van der Waals surface area contributed by atoms with Crippen LogP contribution in [0.2, 0.25) is 0 Å². The molecule has 0 atom stereocenters. The molecular weight excluding hydrogens is 344 g/mol. The van der Waals surface area contributed by atoms with Crippen LogP contribution in [0.4, 0.5) is 5.82 Å². The first kappa shape index (κ1) is 18.2. The number of piperidine rings is 1. The van der Waals surface area contributed by atoms with Crippen molar-refractivity contribution in [2.75, 3.05) is 64.8 Å². The summed E-state index contributed by atoms with van der Waals surface area (Å²) >= 11 is 0. The van der Waals surface area contributed by atoms with Gasteiger partial charge in [0.25, 0.3) is 5.91 Å². The highest BCUT2D eigenvalue weighted by Crippen LogP contribution is 2.41. The van der Waals surface area contributed by atoms with Crippen LogP contribution in [-0.2, 0) is 4.79 Å². The van der Waals surface area contributed by atoms with Gasteiger partial charge in [0, 0.05) is 64.7 Å². The Labute approximate surface area is 160 Å². The van der Waals surface area contributed by atoms with E-state index >= 15 is 0 Å². The summed E-state index contributed by atoms with van der Waals surface area (Å²) in [7, 11) is 3.96. The van der Waals surface area contributed by atoms with Crippen molar-refractivity contribution >= 4 is 17.6 Å². The van der Waals surface area contributed by atoms with E-state index in [1.807, 2.05) is 16.8 Å². The summed E-state index contributed by atoms with van der Waals surface area (Å²) in [5.74, 6) is 0.986. The van der Waals surface area contributed by atoms with Gasteiger partial charge in [-0.25, -0.2) is 4.98 Å². The van der Waals surface area contributed by atoms with Crippen molar-refractivity contribution in [3.8, 4) is 0 Å². The summed E-state index contributed by atoms with van der Waals surface area (Å²) in [6.45, 7) is 5.79. The zero-order valence-corrected chi connectivity index (χ0v) is 16.2. The van der Waals surface area contributed by atoms with Crippen LogP contribution in [0.15, 0.2) is 12.4 Å². The van der Waals surface area contributed by atoms with Gasteiger partial charge >= 0.3 is 0 Å². The minimum Gasteiger partial charge on any atom is -0.355 e. The van der Waals surface area contributed by atoms with Crippen LogP contribution in [0.3, 0.4) is 0 Å². The van der Waals surface area contributed by atoms with Gasteiger partial charge in [0.2, 0.25) is 5.91 Å². The molecule has 1 aromatic rings. The third-order valence-electron chi connectivity index (χ3n) is 6.30. The van der Waals surface area contributed by atoms with Gasteiger partial charge in [-0.05, 0) is 19.9 Å². The lowest BCUT2D eigenvalue weighted by Crippen LogP contribution is -2.47. The van der Waals surface area contributed by atoms with Gasteiger partial charge in [0.1, 0.15) is 11.5 Å². The Balaban J connectivity index is 1.41. The standard InChI is InChI=1S/C19H28N6O2/c1-22-7-9-25(10-8-22)18(27)15-12-20-13-16(21-15)24-5-3-19(4-6-24)11-17(26)23(2)14-19/h12-13H,3-11,14H2,1-2H3. The number of likely N-dealkylation sites (tertiary alicyclic amines) is 1. The first-order valence-electron chi connectivity index (χ1n) is 9.75. The van der Waals surface area contributed by atoms with E-state index in [9.17, 15) is 9.59 Å². The van der Waals surface area contributed by atoms with Gasteiger partial charge < -0.3 is 19.6 Å². The van der Waals surface area contributed by atoms with E-state index in [1.54, 1.807) is 12.4 Å². The van der Waals surface area contributed by atoms with Gasteiger partial charge in [-0.1, -0.05) is 0 Å². The Morgan fingerprint density at radius 1 is 1.04 bits per heavy atom. The third kappa shape index (κ3) is 3.63. The number of piperazine rings is 1. The highest BCUT2D eigenvalue weighted by molar-refractivity contribution is 5.92. The number of nitrogens with zero attached hydrogens (tertiary/aromatic N) is 6. The maximum Gasteiger partial charge on any atom is 0.274 e. The maximum atomic E-state index is 12.8. The number of likely N-dealkylation sites (N-methyl/N-ethyl adjacent to an activating group) is 1. The summed E-state index contributed by atoms with van der Waals surface area (Å²) in [5.41, 5.74) is 0.538. The van der Waals surface area contributed by atoms with Crippen molar-refractivity contribution in [3.05, 3.63) is 18.1 Å². The van der Waals surface area contributed by atoms with Crippen molar-refractivity contribution < 1.29 is 9.59 Å². The molecule has 1 spiro atoms. The zero-order valence-electron chi connectivity index (χ0n) is 16.2. The molecule has 0 bridgehead atoms. The predicted molar refractivity (Wildman–Crippen MR) is 102 cm³/mol. The van der Waals surface area contributed by atoms with Crippen LogP contribution < -0.4 is 4.90 Å². The molecule has 3 aliphatic rings. The summed E-state index contributed by atoms with van der Waals surface area (Å²) in [5, 5.41) is 0. The lowest BCUT2D eigenvalue weighted by molar-refractivity contribution is -0.126. The van der Waals surface area contributed by atoms with Gasteiger partial charge in [-0.15, -0.1) is 0 Å². The van der Waals surface area contributed by atoms with Crippen molar-refractivity contribution in [1.82, 2.24) is 24.7 Å². The number of rotatable bonds is 2. The van der Waals surface area contributed by atoms with Crippen LogP contribution in [0, 0.1) is 5.41 Å². The van der Waals surface area contributed by atoms with Crippen LogP contribution in [0.5, 0.6) is 0 Å². The van der Waals surface area contributed by atoms with E-state index in [0.717, 1.165) is 64.5 Å². The first-order valence-corrected chi connectivity index (χ1v) is 9.75. The molecule has 0 aromatic carbocycles. The molecule has 27 heavy (non-hydrogen) atoms. The fourth-order valence-electron chi connectivity index (χ4n) is 4.43. The van der Waals surface area contributed by atoms with Crippen molar-refractivity contribution in [2.45, 2.75) is 19.3 Å². The molecule has 0 radical (unpaired) electrons. The highest BCUT2D eigenvalue weighted by atomic mass is 16.2. The van der Waals surface area contributed by atoms with Crippen LogP contribution >= 0.6 is 0 Å². The monoisotopic (exact) mass is 372 g/mol. The van der Waals surface area contributed by atoms with Gasteiger partial charge in [-0.2, -0.15) is 0 Å². The Kier molecular flexibility index (Phi) is 4.75. The zero-order chi connectivity index (χ0) is 19.0. The maximum absolute atomic E-state index is 12.8. The van der Waals surface area contributed by atoms with Crippen LogP contribution in [0.1, 0.15) is 29.8 Å². The average molecular weight is 372 g/mol. The molecule has 146 valence electrons. The fourth-order valence-corrected chi connectivity index (χ4v) is 4.43. The number of anilines is 1. The lowest BCUT2D eigenvalue weighted by Gasteiger charge is -2.39. The number of amides is 2. The lowest BCUT2D eigenvalue weighted by atomic mass is 9.77. The Morgan fingerprint density at radius 2 is 1.74 bits per heavy atom. The van der Waals surface area contributed by atoms with Gasteiger partial charge in [0.05, 0.1) is 12.4 Å². The number of hydrogen-bond acceptors (Lipinski definition) is 6. The SMILES string of the molecule is CN1CCN(C(=O)c2cncc(N3CCC4(CC3)CC(=O)N(C)C4)n2)CC1. The Bertz CT molecular complexity index is 723. The third-order valence-corrected chi connectivity index (χ3v) is 6.30. The molecular formula is C19H28N6O2. The summed E-state index contributed by atoms with van der Waals surface area (Å²) < 4.78 is 0. The molecule has 3 saturated heterocycles. The number of aromatic nitrogens is 2. The normalized spacial score (nSPS) is 23.3. The second kappa shape index (κ2) is 7.07. The quantitative estimate of drug-likeness (QED) is 0.744. The first-order chi connectivity index (χ1) is 13.0. The molecule has 0 N–H and O–H groups in total. The predicted octanol–water partition coefficient (Wildman–Crippen LogP) is 0.313. The van der Waals surface area contributed by atoms with Crippen molar-refractivity contribution in [1.29, 1.82) is 0 Å². The molecule has 3 fully saturated rings. The topological polar surface area (TPSA) is 72.9 Å². The van der Waals surface area contributed by atoms with Crippen molar-refractivity contribution in [2.24, 2.45) is 5.41 Å². The van der Waals surface area contributed by atoms with E-state index in [2.05, 4.69) is 26.8 Å². The molecule has 3 aliphatic heterocycles. The number of carbonyl (C=O) groups excluding carboxylic acids is 2. The molecule has 0 aliphatic carbocycles. The van der Waals surface area contributed by atoms with E-state index < -0.39 is 0 Å². The van der Waals surface area contributed by atoms with Crippen molar-refractivity contribution in [3.63, 3.8) is 0 Å². The van der Waals surface area contributed by atoms with E-state index in [4.69, 9.17) is 0 Å². The van der Waals surface area contributed by atoms with Crippen LogP contribution in [-0.4, -0.2) is 96.4 Å². The smallest absolute Gasteiger partial charge is 0.274 e. The molecule has 4 rings (SSSR count). The minimum atomic E-state index is -0.0334. The minimum absolute atomic E-state index is 0.0334. The average Bonchev–Trinajstić information content (AvgIpc) is 2.95. The molecule has 0 unspecified atom stereocenters. The van der Waals surface area contributed by atoms with E-state index in [0.29, 0.717) is 12.1 Å². The van der Waals surface area contributed by atoms with Gasteiger partial charge in [-0.3, -0.25) is 14.6 Å². The molecule has 1 aromatic heterocycles. The number of carbonyl (C=O) groups is 2. The van der Waals surface area contributed by atoms with Crippen LogP contribution in [0.25, 0.3) is 0 Å². The Morgan fingerprint density at radius 3 is 2.37 bits per heavy atom. The Hall–Kier alpha value is -2.22. The fraction of sp³-hybridized carbons (Fsp3) is 0.684.